The van der Waals surface area contributed by atoms with E-state index in [1.54, 1.807) is 17.9 Å². The standard InChI is InChI=1S/C17H23N5O3/c1-3-4-13-10-14(20-19-13)17(24)22-7-5-12(6-8-22)16(23)18-15-9-11(2)25-21-15/h9-10,12H,3-8H2,1-2H3,(H,19,20)(H,18,21,23). The van der Waals surface area contributed by atoms with Crippen LogP contribution < -0.4 is 5.32 Å². The molecule has 8 heteroatoms. The molecule has 8 nitrogen and oxygen atoms in total. The Bertz CT molecular complexity index is 743. The summed E-state index contributed by atoms with van der Waals surface area (Å²) in [6, 6.07) is 3.50. The van der Waals surface area contributed by atoms with Crippen molar-refractivity contribution in [3.05, 3.63) is 29.3 Å². The number of nitrogens with zero attached hydrogens (tertiary/aromatic N) is 3. The number of aromatic amines is 1. The fourth-order valence-electron chi connectivity index (χ4n) is 3.03. The van der Waals surface area contributed by atoms with Gasteiger partial charge in [-0.25, -0.2) is 0 Å². The molecule has 25 heavy (non-hydrogen) atoms. The highest BCUT2D eigenvalue weighted by atomic mass is 16.5. The summed E-state index contributed by atoms with van der Waals surface area (Å²) in [5, 5.41) is 13.5. The van der Waals surface area contributed by atoms with Crippen molar-refractivity contribution in [1.29, 1.82) is 0 Å². The number of H-pyrrole nitrogens is 1. The van der Waals surface area contributed by atoms with E-state index in [4.69, 9.17) is 4.52 Å². The molecule has 3 heterocycles. The number of likely N-dealkylation sites (tertiary alicyclic amines) is 1. The molecule has 2 aromatic rings. The van der Waals surface area contributed by atoms with Gasteiger partial charge in [0.25, 0.3) is 5.91 Å². The van der Waals surface area contributed by atoms with Gasteiger partial charge in [0.15, 0.2) is 5.82 Å². The Morgan fingerprint density at radius 1 is 1.36 bits per heavy atom. The first-order valence-electron chi connectivity index (χ1n) is 8.64. The van der Waals surface area contributed by atoms with Crippen LogP contribution in [0.2, 0.25) is 0 Å². The number of aryl methyl sites for hydroxylation is 2. The van der Waals surface area contributed by atoms with Crippen LogP contribution in [0.3, 0.4) is 0 Å². The van der Waals surface area contributed by atoms with Crippen molar-refractivity contribution in [1.82, 2.24) is 20.3 Å². The number of anilines is 1. The smallest absolute Gasteiger partial charge is 0.274 e. The van der Waals surface area contributed by atoms with E-state index in [0.717, 1.165) is 18.5 Å². The van der Waals surface area contributed by atoms with E-state index in [9.17, 15) is 9.59 Å². The summed E-state index contributed by atoms with van der Waals surface area (Å²) >= 11 is 0. The third-order valence-electron chi connectivity index (χ3n) is 4.40. The maximum atomic E-state index is 12.5. The number of hydrogen-bond donors (Lipinski definition) is 2. The first kappa shape index (κ1) is 17.2. The van der Waals surface area contributed by atoms with Crippen LogP contribution in [0.25, 0.3) is 0 Å². The van der Waals surface area contributed by atoms with Crippen LogP contribution in [0.4, 0.5) is 5.82 Å². The Hall–Kier alpha value is -2.64. The number of carbonyl (C=O) groups is 2. The Morgan fingerprint density at radius 2 is 2.12 bits per heavy atom. The monoisotopic (exact) mass is 345 g/mol. The molecule has 0 atom stereocenters. The van der Waals surface area contributed by atoms with Crippen molar-refractivity contribution in [2.75, 3.05) is 18.4 Å². The van der Waals surface area contributed by atoms with E-state index >= 15 is 0 Å². The molecule has 0 saturated carbocycles. The van der Waals surface area contributed by atoms with E-state index in [0.29, 0.717) is 43.2 Å². The van der Waals surface area contributed by atoms with Gasteiger partial charge in [-0.15, -0.1) is 0 Å². The quantitative estimate of drug-likeness (QED) is 0.864. The van der Waals surface area contributed by atoms with Gasteiger partial charge in [-0.1, -0.05) is 18.5 Å². The van der Waals surface area contributed by atoms with Gasteiger partial charge in [-0.3, -0.25) is 14.7 Å². The molecule has 2 amide bonds. The molecule has 1 fully saturated rings. The predicted molar refractivity (Wildman–Crippen MR) is 91.1 cm³/mol. The van der Waals surface area contributed by atoms with Crippen molar-refractivity contribution >= 4 is 17.6 Å². The topological polar surface area (TPSA) is 104 Å². The summed E-state index contributed by atoms with van der Waals surface area (Å²) in [7, 11) is 0. The van der Waals surface area contributed by atoms with E-state index in [2.05, 4.69) is 27.6 Å². The molecule has 134 valence electrons. The summed E-state index contributed by atoms with van der Waals surface area (Å²) in [6.45, 7) is 4.95. The number of amides is 2. The van der Waals surface area contributed by atoms with Crippen LogP contribution >= 0.6 is 0 Å². The number of rotatable bonds is 5. The summed E-state index contributed by atoms with van der Waals surface area (Å²) in [5.41, 5.74) is 1.42. The number of nitrogens with one attached hydrogen (secondary N) is 2. The Balaban J connectivity index is 1.52. The van der Waals surface area contributed by atoms with Gasteiger partial charge >= 0.3 is 0 Å². The predicted octanol–water partition coefficient (Wildman–Crippen LogP) is 2.15. The van der Waals surface area contributed by atoms with Crippen molar-refractivity contribution in [2.24, 2.45) is 5.92 Å². The van der Waals surface area contributed by atoms with Gasteiger partial charge in [0.2, 0.25) is 5.91 Å². The van der Waals surface area contributed by atoms with Gasteiger partial charge in [0, 0.05) is 30.8 Å². The number of aromatic nitrogens is 3. The molecular formula is C17H23N5O3. The van der Waals surface area contributed by atoms with Gasteiger partial charge < -0.3 is 14.7 Å². The summed E-state index contributed by atoms with van der Waals surface area (Å²) in [6.07, 6.45) is 3.13. The second-order valence-corrected chi connectivity index (χ2v) is 6.41. The Morgan fingerprint density at radius 3 is 2.76 bits per heavy atom. The van der Waals surface area contributed by atoms with Crippen molar-refractivity contribution < 1.29 is 14.1 Å². The molecule has 0 unspecified atom stereocenters. The highest BCUT2D eigenvalue weighted by molar-refractivity contribution is 5.94. The van der Waals surface area contributed by atoms with E-state index in [1.165, 1.54) is 0 Å². The van der Waals surface area contributed by atoms with Crippen LogP contribution in [0.1, 0.15) is 48.1 Å². The second-order valence-electron chi connectivity index (χ2n) is 6.41. The van der Waals surface area contributed by atoms with Crippen molar-refractivity contribution in [2.45, 2.75) is 39.5 Å². The lowest BCUT2D eigenvalue weighted by Gasteiger charge is -2.30. The molecule has 1 aliphatic heterocycles. The van der Waals surface area contributed by atoms with Crippen LogP contribution in [-0.4, -0.2) is 45.2 Å². The molecule has 0 aliphatic carbocycles. The Kier molecular flexibility index (Phi) is 5.16. The van der Waals surface area contributed by atoms with Crippen molar-refractivity contribution in [3.63, 3.8) is 0 Å². The zero-order valence-corrected chi connectivity index (χ0v) is 14.5. The lowest BCUT2D eigenvalue weighted by Crippen LogP contribution is -2.41. The maximum absolute atomic E-state index is 12.5. The number of piperidine rings is 1. The molecule has 1 saturated heterocycles. The van der Waals surface area contributed by atoms with Crippen molar-refractivity contribution in [3.8, 4) is 0 Å². The molecule has 2 N–H and O–H groups in total. The minimum absolute atomic E-state index is 0.0783. The number of hydrogen-bond acceptors (Lipinski definition) is 5. The van der Waals surface area contributed by atoms with E-state index in [1.807, 2.05) is 6.07 Å². The molecule has 2 aromatic heterocycles. The van der Waals surface area contributed by atoms with E-state index in [-0.39, 0.29) is 17.7 Å². The SMILES string of the molecule is CCCc1cc(C(=O)N2CCC(C(=O)Nc3cc(C)on3)CC2)n[nH]1. The molecular weight excluding hydrogens is 322 g/mol. The fourth-order valence-corrected chi connectivity index (χ4v) is 3.03. The van der Waals surface area contributed by atoms with Crippen LogP contribution in [0.5, 0.6) is 0 Å². The average Bonchev–Trinajstić information content (AvgIpc) is 3.24. The molecule has 3 rings (SSSR count). The van der Waals surface area contributed by atoms with Gasteiger partial charge in [0.05, 0.1) is 0 Å². The van der Waals surface area contributed by atoms with Crippen LogP contribution in [-0.2, 0) is 11.2 Å². The summed E-state index contributed by atoms with van der Waals surface area (Å²) in [4.78, 5) is 26.6. The molecule has 1 aliphatic rings. The maximum Gasteiger partial charge on any atom is 0.274 e. The number of carbonyl (C=O) groups excluding carboxylic acids is 2. The zero-order valence-electron chi connectivity index (χ0n) is 14.5. The average molecular weight is 345 g/mol. The third-order valence-corrected chi connectivity index (χ3v) is 4.40. The normalized spacial score (nSPS) is 15.4. The highest BCUT2D eigenvalue weighted by Crippen LogP contribution is 2.21. The third kappa shape index (κ3) is 4.07. The summed E-state index contributed by atoms with van der Waals surface area (Å²) in [5.74, 6) is 0.795. The van der Waals surface area contributed by atoms with Crippen LogP contribution in [0.15, 0.2) is 16.7 Å². The first-order chi connectivity index (χ1) is 12.1. The lowest BCUT2D eigenvalue weighted by molar-refractivity contribution is -0.121. The van der Waals surface area contributed by atoms with Gasteiger partial charge in [0.1, 0.15) is 11.5 Å². The molecule has 0 bridgehead atoms. The Labute approximate surface area is 145 Å². The highest BCUT2D eigenvalue weighted by Gasteiger charge is 2.29. The van der Waals surface area contributed by atoms with E-state index < -0.39 is 0 Å². The van der Waals surface area contributed by atoms with Gasteiger partial charge in [-0.05, 0) is 32.3 Å². The summed E-state index contributed by atoms with van der Waals surface area (Å²) < 4.78 is 4.94. The largest absolute Gasteiger partial charge is 0.360 e. The first-order valence-corrected chi connectivity index (χ1v) is 8.64. The lowest BCUT2D eigenvalue weighted by atomic mass is 9.95. The molecule has 0 radical (unpaired) electrons. The minimum Gasteiger partial charge on any atom is -0.360 e. The second kappa shape index (κ2) is 7.50. The molecule has 0 spiro atoms. The van der Waals surface area contributed by atoms with Crippen LogP contribution in [0, 0.1) is 12.8 Å². The molecule has 0 aromatic carbocycles. The minimum atomic E-state index is -0.129. The fraction of sp³-hybridized carbons (Fsp3) is 0.529. The van der Waals surface area contributed by atoms with Gasteiger partial charge in [-0.2, -0.15) is 5.10 Å². The zero-order chi connectivity index (χ0) is 17.8.